The molecule has 3 nitrogen and oxygen atoms in total. The van der Waals surface area contributed by atoms with Gasteiger partial charge in [0.15, 0.2) is 0 Å². The molecule has 0 saturated heterocycles. The first-order chi connectivity index (χ1) is 7.88. The lowest BCUT2D eigenvalue weighted by Crippen LogP contribution is -2.48. The number of amides is 1. The molecule has 1 aromatic carbocycles. The number of halogens is 1. The second-order valence-electron chi connectivity index (χ2n) is 4.90. The quantitative estimate of drug-likeness (QED) is 0.901. The third kappa shape index (κ3) is 3.45. The molecule has 0 radical (unpaired) electrons. The lowest BCUT2D eigenvalue weighted by atomic mass is 10.0. The summed E-state index contributed by atoms with van der Waals surface area (Å²) in [5.74, 6) is -0.0754. The highest BCUT2D eigenvalue weighted by molar-refractivity contribution is 6.33. The van der Waals surface area contributed by atoms with Crippen LogP contribution in [0.25, 0.3) is 0 Å². The highest BCUT2D eigenvalue weighted by Gasteiger charge is 2.27. The van der Waals surface area contributed by atoms with E-state index in [1.807, 2.05) is 32.9 Å². The molecule has 0 saturated carbocycles. The monoisotopic (exact) mass is 254 g/mol. The van der Waals surface area contributed by atoms with Crippen molar-refractivity contribution in [2.24, 2.45) is 5.73 Å². The third-order valence-corrected chi connectivity index (χ3v) is 2.84. The van der Waals surface area contributed by atoms with Gasteiger partial charge in [-0.25, -0.2) is 0 Å². The number of carbonyl (C=O) groups is 1. The van der Waals surface area contributed by atoms with Crippen LogP contribution in [0.15, 0.2) is 24.3 Å². The van der Waals surface area contributed by atoms with E-state index in [0.29, 0.717) is 23.7 Å². The highest BCUT2D eigenvalue weighted by Crippen LogP contribution is 2.21. The Balaban J connectivity index is 3.05. The van der Waals surface area contributed by atoms with Crippen LogP contribution < -0.4 is 5.73 Å². The van der Waals surface area contributed by atoms with Crippen LogP contribution in [0.1, 0.15) is 31.1 Å². The second kappa shape index (κ2) is 5.52. The van der Waals surface area contributed by atoms with Crippen LogP contribution >= 0.6 is 11.6 Å². The van der Waals surface area contributed by atoms with Crippen molar-refractivity contribution in [3.05, 3.63) is 34.9 Å². The van der Waals surface area contributed by atoms with Crippen molar-refractivity contribution >= 4 is 17.5 Å². The molecule has 0 aliphatic carbocycles. The number of rotatable bonds is 3. The predicted molar refractivity (Wildman–Crippen MR) is 71.3 cm³/mol. The van der Waals surface area contributed by atoms with Crippen LogP contribution in [0.4, 0.5) is 0 Å². The average molecular weight is 255 g/mol. The summed E-state index contributed by atoms with van der Waals surface area (Å²) < 4.78 is 0. The number of carbonyl (C=O) groups excluding carboxylic acids is 1. The second-order valence-corrected chi connectivity index (χ2v) is 5.30. The molecule has 94 valence electrons. The van der Waals surface area contributed by atoms with Crippen molar-refractivity contribution in [2.45, 2.75) is 26.3 Å². The van der Waals surface area contributed by atoms with E-state index in [1.54, 1.807) is 17.0 Å². The van der Waals surface area contributed by atoms with E-state index in [2.05, 4.69) is 0 Å². The summed E-state index contributed by atoms with van der Waals surface area (Å²) in [6.07, 6.45) is 0. The standard InChI is InChI=1S/C13H19ClN2O/c1-13(2,3)16(9-8-15)12(17)10-6-4-5-7-11(10)14/h4-7H,8-9,15H2,1-3H3. The molecule has 0 fully saturated rings. The zero-order chi connectivity index (χ0) is 13.1. The van der Waals surface area contributed by atoms with Crippen molar-refractivity contribution in [3.63, 3.8) is 0 Å². The van der Waals surface area contributed by atoms with Gasteiger partial charge in [-0.2, -0.15) is 0 Å². The first-order valence-electron chi connectivity index (χ1n) is 5.64. The number of hydrogen-bond donors (Lipinski definition) is 1. The fraction of sp³-hybridized carbons (Fsp3) is 0.462. The van der Waals surface area contributed by atoms with Crippen molar-refractivity contribution in [2.75, 3.05) is 13.1 Å². The van der Waals surface area contributed by atoms with Crippen LogP contribution in [0, 0.1) is 0 Å². The van der Waals surface area contributed by atoms with Gasteiger partial charge in [0.25, 0.3) is 5.91 Å². The number of hydrogen-bond acceptors (Lipinski definition) is 2. The van der Waals surface area contributed by atoms with Gasteiger partial charge in [-0.3, -0.25) is 4.79 Å². The first-order valence-corrected chi connectivity index (χ1v) is 6.02. The van der Waals surface area contributed by atoms with Gasteiger partial charge in [0.05, 0.1) is 10.6 Å². The van der Waals surface area contributed by atoms with Gasteiger partial charge in [-0.1, -0.05) is 23.7 Å². The lowest BCUT2D eigenvalue weighted by Gasteiger charge is -2.35. The fourth-order valence-corrected chi connectivity index (χ4v) is 1.87. The number of nitrogens with two attached hydrogens (primary N) is 1. The van der Waals surface area contributed by atoms with Crippen molar-refractivity contribution in [3.8, 4) is 0 Å². The summed E-state index contributed by atoms with van der Waals surface area (Å²) >= 11 is 6.03. The van der Waals surface area contributed by atoms with Crippen molar-refractivity contribution in [1.29, 1.82) is 0 Å². The van der Waals surface area contributed by atoms with Crippen LogP contribution in [0.5, 0.6) is 0 Å². The smallest absolute Gasteiger partial charge is 0.255 e. The molecule has 1 rings (SSSR count). The Morgan fingerprint density at radius 1 is 1.35 bits per heavy atom. The Morgan fingerprint density at radius 3 is 2.41 bits per heavy atom. The molecule has 0 atom stereocenters. The highest BCUT2D eigenvalue weighted by atomic mass is 35.5. The molecule has 0 aromatic heterocycles. The minimum absolute atomic E-state index is 0.0754. The third-order valence-electron chi connectivity index (χ3n) is 2.51. The number of nitrogens with zero attached hydrogens (tertiary/aromatic N) is 1. The summed E-state index contributed by atoms with van der Waals surface area (Å²) in [7, 11) is 0. The first kappa shape index (κ1) is 14.0. The van der Waals surface area contributed by atoms with Crippen LogP contribution in [-0.4, -0.2) is 29.4 Å². The maximum atomic E-state index is 12.4. The Labute approximate surface area is 108 Å². The lowest BCUT2D eigenvalue weighted by molar-refractivity contribution is 0.0592. The molecular formula is C13H19ClN2O. The largest absolute Gasteiger partial charge is 0.332 e. The summed E-state index contributed by atoms with van der Waals surface area (Å²) in [5.41, 5.74) is 5.81. The summed E-state index contributed by atoms with van der Waals surface area (Å²) in [5, 5.41) is 0.476. The number of benzene rings is 1. The van der Waals surface area contributed by atoms with Gasteiger partial charge < -0.3 is 10.6 Å². The fourth-order valence-electron chi connectivity index (χ4n) is 1.65. The normalized spacial score (nSPS) is 11.4. The van der Waals surface area contributed by atoms with E-state index in [1.165, 1.54) is 0 Å². The zero-order valence-corrected chi connectivity index (χ0v) is 11.3. The average Bonchev–Trinajstić information content (AvgIpc) is 2.24. The topological polar surface area (TPSA) is 46.3 Å². The molecule has 17 heavy (non-hydrogen) atoms. The Hall–Kier alpha value is -1.06. The van der Waals surface area contributed by atoms with Gasteiger partial charge in [0.1, 0.15) is 0 Å². The maximum Gasteiger partial charge on any atom is 0.255 e. The van der Waals surface area contributed by atoms with Crippen LogP contribution in [-0.2, 0) is 0 Å². The molecule has 1 aromatic rings. The maximum absolute atomic E-state index is 12.4. The minimum atomic E-state index is -0.268. The van der Waals surface area contributed by atoms with Crippen molar-refractivity contribution in [1.82, 2.24) is 4.90 Å². The molecule has 0 aliphatic rings. The predicted octanol–water partition coefficient (Wildman–Crippen LogP) is 2.54. The van der Waals surface area contributed by atoms with E-state index < -0.39 is 0 Å². The van der Waals surface area contributed by atoms with E-state index in [-0.39, 0.29) is 11.4 Å². The summed E-state index contributed by atoms with van der Waals surface area (Å²) in [6, 6.07) is 7.07. The molecule has 0 bridgehead atoms. The molecule has 4 heteroatoms. The van der Waals surface area contributed by atoms with E-state index in [0.717, 1.165) is 0 Å². The van der Waals surface area contributed by atoms with Gasteiger partial charge in [0, 0.05) is 18.6 Å². The van der Waals surface area contributed by atoms with Gasteiger partial charge in [-0.15, -0.1) is 0 Å². The molecule has 0 aliphatic heterocycles. The minimum Gasteiger partial charge on any atom is -0.332 e. The molecule has 0 spiro atoms. The van der Waals surface area contributed by atoms with E-state index in [9.17, 15) is 4.79 Å². The summed E-state index contributed by atoms with van der Waals surface area (Å²) in [6.45, 7) is 6.91. The summed E-state index contributed by atoms with van der Waals surface area (Å²) in [4.78, 5) is 14.1. The van der Waals surface area contributed by atoms with Crippen LogP contribution in [0.3, 0.4) is 0 Å². The van der Waals surface area contributed by atoms with E-state index >= 15 is 0 Å². The van der Waals surface area contributed by atoms with E-state index in [4.69, 9.17) is 17.3 Å². The molecule has 0 heterocycles. The molecule has 0 unspecified atom stereocenters. The van der Waals surface area contributed by atoms with Crippen molar-refractivity contribution < 1.29 is 4.79 Å². The van der Waals surface area contributed by atoms with Gasteiger partial charge >= 0.3 is 0 Å². The Bertz CT molecular complexity index is 399. The molecule has 2 N–H and O–H groups in total. The Morgan fingerprint density at radius 2 is 1.94 bits per heavy atom. The van der Waals surface area contributed by atoms with Gasteiger partial charge in [-0.05, 0) is 32.9 Å². The SMILES string of the molecule is CC(C)(C)N(CCN)C(=O)c1ccccc1Cl. The molecular weight excluding hydrogens is 236 g/mol. The Kier molecular flexibility index (Phi) is 4.54. The van der Waals surface area contributed by atoms with Gasteiger partial charge in [0.2, 0.25) is 0 Å². The zero-order valence-electron chi connectivity index (χ0n) is 10.5. The van der Waals surface area contributed by atoms with Crippen LogP contribution in [0.2, 0.25) is 5.02 Å². The molecule has 1 amide bonds.